The Kier molecular flexibility index (Phi) is 4.08. The first-order valence-electron chi connectivity index (χ1n) is 5.28. The first-order chi connectivity index (χ1) is 7.06. The molecule has 5 heteroatoms. The van der Waals surface area contributed by atoms with Crippen molar-refractivity contribution in [2.24, 2.45) is 0 Å². The van der Waals surface area contributed by atoms with Crippen molar-refractivity contribution in [3.63, 3.8) is 0 Å². The SMILES string of the molecule is CCC(C(=O)O)N1CCN(C(C)=O)CC1. The van der Waals surface area contributed by atoms with Crippen LogP contribution in [0.4, 0.5) is 0 Å². The molecule has 1 saturated heterocycles. The molecule has 1 fully saturated rings. The van der Waals surface area contributed by atoms with E-state index in [9.17, 15) is 9.59 Å². The van der Waals surface area contributed by atoms with E-state index in [2.05, 4.69) is 0 Å². The number of nitrogens with zero attached hydrogens (tertiary/aromatic N) is 2. The average molecular weight is 214 g/mol. The van der Waals surface area contributed by atoms with Crippen molar-refractivity contribution in [2.45, 2.75) is 26.3 Å². The summed E-state index contributed by atoms with van der Waals surface area (Å²) in [6, 6.07) is -0.404. The molecule has 1 amide bonds. The van der Waals surface area contributed by atoms with Crippen LogP contribution in [0.1, 0.15) is 20.3 Å². The molecule has 1 aliphatic rings. The standard InChI is InChI=1S/C10H18N2O3/c1-3-9(10(14)15)12-6-4-11(5-7-12)8(2)13/h9H,3-7H2,1-2H3,(H,14,15). The molecule has 1 rings (SSSR count). The van der Waals surface area contributed by atoms with E-state index in [0.29, 0.717) is 32.6 Å². The van der Waals surface area contributed by atoms with Gasteiger partial charge in [0.25, 0.3) is 0 Å². The molecule has 0 saturated carbocycles. The topological polar surface area (TPSA) is 60.9 Å². The summed E-state index contributed by atoms with van der Waals surface area (Å²) >= 11 is 0. The smallest absolute Gasteiger partial charge is 0.320 e. The summed E-state index contributed by atoms with van der Waals surface area (Å²) < 4.78 is 0. The van der Waals surface area contributed by atoms with E-state index in [1.807, 2.05) is 11.8 Å². The fraction of sp³-hybridized carbons (Fsp3) is 0.800. The predicted molar refractivity (Wildman–Crippen MR) is 55.5 cm³/mol. The van der Waals surface area contributed by atoms with Gasteiger partial charge < -0.3 is 10.0 Å². The third-order valence-corrected chi connectivity index (χ3v) is 2.87. The highest BCUT2D eigenvalue weighted by atomic mass is 16.4. The molecular formula is C10H18N2O3. The maximum absolute atomic E-state index is 11.1. The Morgan fingerprint density at radius 1 is 1.27 bits per heavy atom. The van der Waals surface area contributed by atoms with Gasteiger partial charge >= 0.3 is 5.97 Å². The first kappa shape index (κ1) is 12.0. The predicted octanol–water partition coefficient (Wildman–Crippen LogP) is 0.0137. The number of rotatable bonds is 3. The van der Waals surface area contributed by atoms with Gasteiger partial charge in [-0.1, -0.05) is 6.92 Å². The van der Waals surface area contributed by atoms with E-state index in [0.717, 1.165) is 0 Å². The summed E-state index contributed by atoms with van der Waals surface area (Å²) in [6.07, 6.45) is 0.607. The van der Waals surface area contributed by atoms with Gasteiger partial charge in [0.2, 0.25) is 5.91 Å². The minimum absolute atomic E-state index is 0.0676. The van der Waals surface area contributed by atoms with Crippen molar-refractivity contribution in [1.29, 1.82) is 0 Å². The van der Waals surface area contributed by atoms with E-state index < -0.39 is 12.0 Å². The molecule has 1 heterocycles. The monoisotopic (exact) mass is 214 g/mol. The highest BCUT2D eigenvalue weighted by Crippen LogP contribution is 2.09. The van der Waals surface area contributed by atoms with Gasteiger partial charge in [-0.2, -0.15) is 0 Å². The number of amides is 1. The molecular weight excluding hydrogens is 196 g/mol. The molecule has 1 atom stereocenters. The number of carboxylic acids is 1. The zero-order valence-electron chi connectivity index (χ0n) is 9.27. The number of hydrogen-bond acceptors (Lipinski definition) is 3. The van der Waals surface area contributed by atoms with Crippen LogP contribution in [-0.4, -0.2) is 59.0 Å². The summed E-state index contributed by atoms with van der Waals surface area (Å²) in [4.78, 5) is 25.7. The molecule has 0 aliphatic carbocycles. The molecule has 0 radical (unpaired) electrons. The molecule has 86 valence electrons. The summed E-state index contributed by atoms with van der Waals surface area (Å²) in [5.41, 5.74) is 0. The Morgan fingerprint density at radius 3 is 2.13 bits per heavy atom. The minimum atomic E-state index is -0.770. The van der Waals surface area contributed by atoms with E-state index >= 15 is 0 Å². The molecule has 5 nitrogen and oxygen atoms in total. The molecule has 1 aliphatic heterocycles. The fourth-order valence-electron chi connectivity index (χ4n) is 1.94. The third-order valence-electron chi connectivity index (χ3n) is 2.87. The Morgan fingerprint density at radius 2 is 1.80 bits per heavy atom. The summed E-state index contributed by atoms with van der Waals surface area (Å²) in [7, 11) is 0. The van der Waals surface area contributed by atoms with Crippen molar-refractivity contribution in [3.8, 4) is 0 Å². The number of carbonyl (C=O) groups excluding carboxylic acids is 1. The molecule has 1 unspecified atom stereocenters. The lowest BCUT2D eigenvalue weighted by atomic mass is 10.1. The molecule has 15 heavy (non-hydrogen) atoms. The lowest BCUT2D eigenvalue weighted by Gasteiger charge is -2.36. The fourth-order valence-corrected chi connectivity index (χ4v) is 1.94. The van der Waals surface area contributed by atoms with E-state index in [1.165, 1.54) is 0 Å². The van der Waals surface area contributed by atoms with Crippen LogP contribution in [0, 0.1) is 0 Å². The van der Waals surface area contributed by atoms with Gasteiger partial charge in [-0.15, -0.1) is 0 Å². The van der Waals surface area contributed by atoms with Crippen LogP contribution < -0.4 is 0 Å². The quantitative estimate of drug-likeness (QED) is 0.719. The van der Waals surface area contributed by atoms with Gasteiger partial charge in [0.15, 0.2) is 0 Å². The van der Waals surface area contributed by atoms with Gasteiger partial charge in [0.1, 0.15) is 6.04 Å². The van der Waals surface area contributed by atoms with E-state index in [4.69, 9.17) is 5.11 Å². The van der Waals surface area contributed by atoms with Crippen molar-refractivity contribution in [3.05, 3.63) is 0 Å². The maximum Gasteiger partial charge on any atom is 0.320 e. The van der Waals surface area contributed by atoms with Crippen LogP contribution in [0.2, 0.25) is 0 Å². The van der Waals surface area contributed by atoms with Crippen LogP contribution in [-0.2, 0) is 9.59 Å². The van der Waals surface area contributed by atoms with Crippen molar-refractivity contribution in [1.82, 2.24) is 9.80 Å². The first-order valence-corrected chi connectivity index (χ1v) is 5.28. The van der Waals surface area contributed by atoms with Crippen molar-refractivity contribution in [2.75, 3.05) is 26.2 Å². The second-order valence-corrected chi connectivity index (χ2v) is 3.80. The summed E-state index contributed by atoms with van der Waals surface area (Å²) in [5, 5.41) is 8.98. The van der Waals surface area contributed by atoms with Gasteiger partial charge in [-0.3, -0.25) is 14.5 Å². The van der Waals surface area contributed by atoms with Gasteiger partial charge in [-0.05, 0) is 6.42 Å². The highest BCUT2D eigenvalue weighted by Gasteiger charge is 2.27. The van der Waals surface area contributed by atoms with Gasteiger partial charge in [0, 0.05) is 33.1 Å². The second-order valence-electron chi connectivity index (χ2n) is 3.80. The third kappa shape index (κ3) is 2.92. The molecule has 0 spiro atoms. The van der Waals surface area contributed by atoms with Crippen LogP contribution in [0.15, 0.2) is 0 Å². The molecule has 0 aromatic rings. The van der Waals surface area contributed by atoms with Crippen LogP contribution in [0.5, 0.6) is 0 Å². The van der Waals surface area contributed by atoms with E-state index in [-0.39, 0.29) is 5.91 Å². The zero-order valence-corrected chi connectivity index (χ0v) is 9.27. The molecule has 1 N–H and O–H groups in total. The number of piperazine rings is 1. The average Bonchev–Trinajstić information content (AvgIpc) is 2.19. The normalized spacial score (nSPS) is 20.0. The molecule has 0 bridgehead atoms. The zero-order chi connectivity index (χ0) is 11.4. The van der Waals surface area contributed by atoms with Crippen molar-refractivity contribution >= 4 is 11.9 Å². The lowest BCUT2D eigenvalue weighted by Crippen LogP contribution is -2.53. The van der Waals surface area contributed by atoms with E-state index in [1.54, 1.807) is 11.8 Å². The second kappa shape index (κ2) is 5.11. The number of carboxylic acid groups (broad SMARTS) is 1. The Hall–Kier alpha value is -1.10. The van der Waals surface area contributed by atoms with Gasteiger partial charge in [-0.25, -0.2) is 0 Å². The van der Waals surface area contributed by atoms with Gasteiger partial charge in [0.05, 0.1) is 0 Å². The summed E-state index contributed by atoms with van der Waals surface area (Å²) in [5.74, 6) is -0.702. The molecule has 0 aromatic heterocycles. The summed E-state index contributed by atoms with van der Waals surface area (Å²) in [6.45, 7) is 6.01. The highest BCUT2D eigenvalue weighted by molar-refractivity contribution is 5.74. The number of aliphatic carboxylic acids is 1. The largest absolute Gasteiger partial charge is 0.480 e. The van der Waals surface area contributed by atoms with Crippen LogP contribution in [0.3, 0.4) is 0 Å². The Balaban J connectivity index is 2.49. The lowest BCUT2D eigenvalue weighted by molar-refractivity contribution is -0.144. The van der Waals surface area contributed by atoms with Crippen LogP contribution >= 0.6 is 0 Å². The number of carbonyl (C=O) groups is 2. The van der Waals surface area contributed by atoms with Crippen molar-refractivity contribution < 1.29 is 14.7 Å². The Labute approximate surface area is 89.7 Å². The number of hydrogen-bond donors (Lipinski definition) is 1. The molecule has 0 aromatic carbocycles. The Bertz CT molecular complexity index is 247. The minimum Gasteiger partial charge on any atom is -0.480 e. The maximum atomic E-state index is 11.1. The van der Waals surface area contributed by atoms with Crippen LogP contribution in [0.25, 0.3) is 0 Å².